The Balaban J connectivity index is 1.54. The van der Waals surface area contributed by atoms with Gasteiger partial charge in [-0.2, -0.15) is 9.29 Å². The van der Waals surface area contributed by atoms with Crippen molar-refractivity contribution in [2.24, 2.45) is 0 Å². The lowest BCUT2D eigenvalue weighted by atomic mass is 10.2. The quantitative estimate of drug-likeness (QED) is 0.382. The molecule has 1 aliphatic heterocycles. The third-order valence-electron chi connectivity index (χ3n) is 4.76. The molecule has 2 heterocycles. The van der Waals surface area contributed by atoms with E-state index in [1.54, 1.807) is 24.3 Å². The van der Waals surface area contributed by atoms with Crippen LogP contribution in [0.5, 0.6) is 5.75 Å². The monoisotopic (exact) mass is 464 g/mol. The summed E-state index contributed by atoms with van der Waals surface area (Å²) in [4.78, 5) is 14.9. The van der Waals surface area contributed by atoms with Crippen LogP contribution in [-0.2, 0) is 16.6 Å². The number of nitro benzene ring substituents is 1. The van der Waals surface area contributed by atoms with E-state index in [2.05, 4.69) is 10.1 Å². The van der Waals surface area contributed by atoms with Crippen molar-refractivity contribution in [3.63, 3.8) is 0 Å². The molecule has 2 aromatic carbocycles. The summed E-state index contributed by atoms with van der Waals surface area (Å²) in [5, 5.41) is 15.8. The summed E-state index contributed by atoms with van der Waals surface area (Å²) < 4.78 is 37.3. The van der Waals surface area contributed by atoms with Crippen molar-refractivity contribution < 1.29 is 22.6 Å². The van der Waals surface area contributed by atoms with E-state index in [1.807, 2.05) is 0 Å². The third-order valence-corrected chi connectivity index (χ3v) is 6.99. The molecule has 0 saturated carbocycles. The fraction of sp³-hybridized carbons (Fsp3) is 0.263. The second-order valence-electron chi connectivity index (χ2n) is 6.78. The summed E-state index contributed by atoms with van der Waals surface area (Å²) in [5.74, 6) is 0.228. The minimum Gasteiger partial charge on any atom is -0.477 e. The van der Waals surface area contributed by atoms with Gasteiger partial charge in [0.1, 0.15) is 0 Å². The van der Waals surface area contributed by atoms with E-state index in [0.717, 1.165) is 18.9 Å². The van der Waals surface area contributed by atoms with E-state index in [9.17, 15) is 18.5 Å². The van der Waals surface area contributed by atoms with Gasteiger partial charge in [-0.1, -0.05) is 28.9 Å². The summed E-state index contributed by atoms with van der Waals surface area (Å²) in [6.45, 7) is 0.565. The lowest BCUT2D eigenvalue weighted by Crippen LogP contribution is -2.27. The van der Waals surface area contributed by atoms with E-state index in [0.29, 0.717) is 23.7 Å². The number of rotatable bonds is 7. The smallest absolute Gasteiger partial charge is 0.312 e. The molecule has 0 atom stereocenters. The van der Waals surface area contributed by atoms with Crippen molar-refractivity contribution in [1.82, 2.24) is 14.4 Å². The Labute approximate surface area is 182 Å². The molecule has 10 nitrogen and oxygen atoms in total. The predicted molar refractivity (Wildman–Crippen MR) is 110 cm³/mol. The number of ether oxygens (including phenoxy) is 1. The van der Waals surface area contributed by atoms with Crippen molar-refractivity contribution in [3.05, 3.63) is 63.5 Å². The molecular weight excluding hydrogens is 448 g/mol. The molecule has 0 unspecified atom stereocenters. The normalized spacial score (nSPS) is 14.6. The Morgan fingerprint density at radius 1 is 1.19 bits per heavy atom. The highest BCUT2D eigenvalue weighted by Gasteiger charge is 2.30. The molecule has 0 aliphatic carbocycles. The summed E-state index contributed by atoms with van der Waals surface area (Å²) >= 11 is 6.11. The van der Waals surface area contributed by atoms with E-state index >= 15 is 0 Å². The first kappa shape index (κ1) is 21.2. The van der Waals surface area contributed by atoms with Crippen LogP contribution in [0.25, 0.3) is 11.4 Å². The van der Waals surface area contributed by atoms with Gasteiger partial charge < -0.3 is 9.26 Å². The number of sulfonamides is 1. The number of hydrogen-bond donors (Lipinski definition) is 0. The predicted octanol–water partition coefficient (Wildman–Crippen LogP) is 3.66. The first-order valence-corrected chi connectivity index (χ1v) is 11.2. The van der Waals surface area contributed by atoms with Crippen LogP contribution in [-0.4, -0.2) is 40.9 Å². The van der Waals surface area contributed by atoms with Crippen LogP contribution in [0.3, 0.4) is 0 Å². The largest absolute Gasteiger partial charge is 0.477 e. The average Bonchev–Trinajstić information content (AvgIpc) is 3.45. The fourth-order valence-corrected chi connectivity index (χ4v) is 4.96. The van der Waals surface area contributed by atoms with Gasteiger partial charge in [0, 0.05) is 24.7 Å². The lowest BCUT2D eigenvalue weighted by Gasteiger charge is -2.15. The zero-order valence-corrected chi connectivity index (χ0v) is 17.7. The number of hydrogen-bond acceptors (Lipinski definition) is 8. The Hall–Kier alpha value is -3.02. The lowest BCUT2D eigenvalue weighted by molar-refractivity contribution is -0.386. The van der Waals surface area contributed by atoms with Crippen molar-refractivity contribution in [3.8, 4) is 17.1 Å². The van der Waals surface area contributed by atoms with E-state index in [1.165, 1.54) is 16.4 Å². The molecule has 3 aromatic rings. The minimum absolute atomic E-state index is 0.0815. The van der Waals surface area contributed by atoms with Gasteiger partial charge in [0.25, 0.3) is 5.89 Å². The Kier molecular flexibility index (Phi) is 5.90. The molecule has 0 bridgehead atoms. The molecule has 1 aromatic heterocycles. The molecule has 0 amide bonds. The molecule has 0 spiro atoms. The van der Waals surface area contributed by atoms with Crippen molar-refractivity contribution in [2.45, 2.75) is 24.3 Å². The van der Waals surface area contributed by atoms with E-state index < -0.39 is 20.6 Å². The minimum atomic E-state index is -3.79. The topological polar surface area (TPSA) is 129 Å². The van der Waals surface area contributed by atoms with Crippen molar-refractivity contribution >= 4 is 27.3 Å². The maximum absolute atomic E-state index is 12.7. The number of benzene rings is 2. The molecule has 12 heteroatoms. The Morgan fingerprint density at radius 3 is 2.65 bits per heavy atom. The second-order valence-corrected chi connectivity index (χ2v) is 9.12. The Bertz CT molecular complexity index is 1220. The van der Waals surface area contributed by atoms with Crippen LogP contribution in [0, 0.1) is 10.1 Å². The van der Waals surface area contributed by atoms with Gasteiger partial charge in [0.05, 0.1) is 14.8 Å². The van der Waals surface area contributed by atoms with Gasteiger partial charge >= 0.3 is 5.69 Å². The van der Waals surface area contributed by atoms with Gasteiger partial charge in [-0.15, -0.1) is 0 Å². The van der Waals surface area contributed by atoms with Gasteiger partial charge in [-0.05, 0) is 37.1 Å². The molecule has 0 N–H and O–H groups in total. The number of nitrogens with zero attached hydrogens (tertiary/aromatic N) is 4. The molecule has 0 radical (unpaired) electrons. The number of aromatic nitrogens is 2. The first-order valence-electron chi connectivity index (χ1n) is 9.35. The summed E-state index contributed by atoms with van der Waals surface area (Å²) in [6.07, 6.45) is 1.53. The summed E-state index contributed by atoms with van der Waals surface area (Å²) in [5.41, 5.74) is 0.104. The SMILES string of the molecule is O=[N+]([O-])c1cc(S(=O)(=O)N2CCCC2)ccc1OCc1nc(-c2ccccc2Cl)no1. The van der Waals surface area contributed by atoms with E-state index in [-0.39, 0.29) is 29.0 Å². The van der Waals surface area contributed by atoms with Crippen LogP contribution in [0.4, 0.5) is 5.69 Å². The summed E-state index contributed by atoms with van der Waals surface area (Å²) in [7, 11) is -3.79. The van der Waals surface area contributed by atoms with Gasteiger partial charge in [0.15, 0.2) is 12.4 Å². The standard InChI is InChI=1S/C19H17ClN4O6S/c20-15-6-2-1-5-14(15)19-21-18(30-22-19)12-29-17-8-7-13(11-16(17)24(25)26)31(27,28)23-9-3-4-10-23/h1-2,5-8,11H,3-4,9-10,12H2. The van der Waals surface area contributed by atoms with Gasteiger partial charge in [0.2, 0.25) is 15.8 Å². The zero-order chi connectivity index (χ0) is 22.0. The molecular formula is C19H17ClN4O6S. The zero-order valence-electron chi connectivity index (χ0n) is 16.1. The van der Waals surface area contributed by atoms with Crippen molar-refractivity contribution in [1.29, 1.82) is 0 Å². The van der Waals surface area contributed by atoms with Crippen molar-refractivity contribution in [2.75, 3.05) is 13.1 Å². The fourth-order valence-electron chi connectivity index (χ4n) is 3.20. The van der Waals surface area contributed by atoms with Gasteiger partial charge in [-0.3, -0.25) is 10.1 Å². The molecule has 4 rings (SSSR count). The number of halogens is 1. The third kappa shape index (κ3) is 4.38. The number of nitro groups is 1. The maximum Gasteiger partial charge on any atom is 0.312 e. The molecule has 1 fully saturated rings. The molecule has 162 valence electrons. The van der Waals surface area contributed by atoms with Crippen LogP contribution in [0.1, 0.15) is 18.7 Å². The van der Waals surface area contributed by atoms with Crippen LogP contribution in [0.2, 0.25) is 5.02 Å². The van der Waals surface area contributed by atoms with Crippen LogP contribution < -0.4 is 4.74 Å². The highest BCUT2D eigenvalue weighted by atomic mass is 35.5. The van der Waals surface area contributed by atoms with E-state index in [4.69, 9.17) is 20.9 Å². The van der Waals surface area contributed by atoms with Gasteiger partial charge in [-0.25, -0.2) is 8.42 Å². The first-order chi connectivity index (χ1) is 14.9. The molecule has 31 heavy (non-hydrogen) atoms. The van der Waals surface area contributed by atoms with Crippen LogP contribution >= 0.6 is 11.6 Å². The highest BCUT2D eigenvalue weighted by molar-refractivity contribution is 7.89. The molecule has 1 aliphatic rings. The highest BCUT2D eigenvalue weighted by Crippen LogP contribution is 2.32. The second kappa shape index (κ2) is 8.61. The average molecular weight is 465 g/mol. The van der Waals surface area contributed by atoms with Crippen LogP contribution in [0.15, 0.2) is 51.9 Å². The molecule has 1 saturated heterocycles. The summed E-state index contributed by atoms with van der Waals surface area (Å²) in [6, 6.07) is 10.5. The maximum atomic E-state index is 12.7. The Morgan fingerprint density at radius 2 is 1.94 bits per heavy atom.